The molecule has 2 rings (SSSR count). The van der Waals surface area contributed by atoms with Crippen molar-refractivity contribution in [2.24, 2.45) is 11.8 Å². The number of nitrogens with one attached hydrogen (secondary N) is 1. The van der Waals surface area contributed by atoms with Gasteiger partial charge < -0.3 is 15.0 Å². The molecule has 16 heavy (non-hydrogen) atoms. The Morgan fingerprint density at radius 2 is 2.25 bits per heavy atom. The molecule has 0 aromatic heterocycles. The van der Waals surface area contributed by atoms with E-state index in [0.717, 1.165) is 18.4 Å². The van der Waals surface area contributed by atoms with Gasteiger partial charge in [-0.1, -0.05) is 0 Å². The Kier molecular flexibility index (Phi) is 3.88. The number of nitrogens with zero attached hydrogens (tertiary/aromatic N) is 1. The third kappa shape index (κ3) is 2.96. The molecule has 2 heterocycles. The molecular formula is C13H26N2O. The van der Waals surface area contributed by atoms with Crippen LogP contribution in [0.3, 0.4) is 0 Å². The highest BCUT2D eigenvalue weighted by molar-refractivity contribution is 4.94. The topological polar surface area (TPSA) is 24.5 Å². The van der Waals surface area contributed by atoms with E-state index in [0.29, 0.717) is 0 Å². The molecule has 0 aromatic rings. The van der Waals surface area contributed by atoms with Crippen molar-refractivity contribution in [1.29, 1.82) is 0 Å². The summed E-state index contributed by atoms with van der Waals surface area (Å²) >= 11 is 0. The Morgan fingerprint density at radius 3 is 2.88 bits per heavy atom. The molecule has 0 bridgehead atoms. The predicted molar refractivity (Wildman–Crippen MR) is 66.6 cm³/mol. The molecule has 3 heteroatoms. The second kappa shape index (κ2) is 5.03. The molecule has 3 unspecified atom stereocenters. The number of likely N-dealkylation sites (tertiary alicyclic amines) is 1. The van der Waals surface area contributed by atoms with Gasteiger partial charge in [0.1, 0.15) is 0 Å². The van der Waals surface area contributed by atoms with Gasteiger partial charge in [-0.05, 0) is 58.2 Å². The summed E-state index contributed by atoms with van der Waals surface area (Å²) < 4.78 is 5.29. The van der Waals surface area contributed by atoms with Gasteiger partial charge in [0, 0.05) is 19.2 Å². The Labute approximate surface area is 99.5 Å². The van der Waals surface area contributed by atoms with E-state index < -0.39 is 0 Å². The highest BCUT2D eigenvalue weighted by atomic mass is 16.5. The molecule has 3 nitrogen and oxygen atoms in total. The summed E-state index contributed by atoms with van der Waals surface area (Å²) in [6.07, 6.45) is 4.08. The van der Waals surface area contributed by atoms with E-state index in [2.05, 4.69) is 24.2 Å². The minimum absolute atomic E-state index is 0.226. The third-order valence-corrected chi connectivity index (χ3v) is 4.18. The molecule has 3 atom stereocenters. The first-order valence-electron chi connectivity index (χ1n) is 6.54. The fraction of sp³-hybridized carbons (Fsp3) is 1.00. The van der Waals surface area contributed by atoms with Gasteiger partial charge in [0.15, 0.2) is 0 Å². The van der Waals surface area contributed by atoms with Crippen molar-refractivity contribution in [3.63, 3.8) is 0 Å². The van der Waals surface area contributed by atoms with E-state index in [1.54, 1.807) is 7.11 Å². The van der Waals surface area contributed by atoms with Gasteiger partial charge in [-0.3, -0.25) is 0 Å². The van der Waals surface area contributed by atoms with Crippen molar-refractivity contribution in [1.82, 2.24) is 10.2 Å². The second-order valence-electron chi connectivity index (χ2n) is 6.10. The summed E-state index contributed by atoms with van der Waals surface area (Å²) in [5.41, 5.74) is 0.226. The molecular weight excluding hydrogens is 200 g/mol. The van der Waals surface area contributed by atoms with E-state index in [-0.39, 0.29) is 5.54 Å². The van der Waals surface area contributed by atoms with E-state index >= 15 is 0 Å². The first-order valence-corrected chi connectivity index (χ1v) is 6.54. The summed E-state index contributed by atoms with van der Waals surface area (Å²) in [5, 5.41) is 3.63. The molecule has 0 radical (unpaired) electrons. The van der Waals surface area contributed by atoms with Crippen LogP contribution < -0.4 is 5.32 Å². The van der Waals surface area contributed by atoms with Crippen molar-refractivity contribution in [2.45, 2.75) is 31.7 Å². The summed E-state index contributed by atoms with van der Waals surface area (Å²) in [4.78, 5) is 2.46. The zero-order chi connectivity index (χ0) is 11.6. The largest absolute Gasteiger partial charge is 0.383 e. The van der Waals surface area contributed by atoms with Gasteiger partial charge in [0.25, 0.3) is 0 Å². The third-order valence-electron chi connectivity index (χ3n) is 4.18. The average Bonchev–Trinajstić information content (AvgIpc) is 2.75. The Hall–Kier alpha value is -0.120. The van der Waals surface area contributed by atoms with Gasteiger partial charge in [-0.2, -0.15) is 0 Å². The standard InChI is InChI=1S/C13H26N2O/c1-13(10-16-3)7-12(8-14-13)6-11-4-5-15(2)9-11/h11-12,14H,4-10H2,1-3H3. The van der Waals surface area contributed by atoms with Gasteiger partial charge in [-0.15, -0.1) is 0 Å². The Balaban J connectivity index is 1.76. The number of ether oxygens (including phenoxy) is 1. The number of hydrogen-bond acceptors (Lipinski definition) is 3. The van der Waals surface area contributed by atoms with Gasteiger partial charge >= 0.3 is 0 Å². The van der Waals surface area contributed by atoms with Gasteiger partial charge in [0.05, 0.1) is 6.61 Å². The smallest absolute Gasteiger partial charge is 0.0641 e. The fourth-order valence-electron chi connectivity index (χ4n) is 3.46. The highest BCUT2D eigenvalue weighted by Gasteiger charge is 2.36. The maximum Gasteiger partial charge on any atom is 0.0641 e. The Morgan fingerprint density at radius 1 is 1.44 bits per heavy atom. The molecule has 2 aliphatic heterocycles. The highest BCUT2D eigenvalue weighted by Crippen LogP contribution is 2.31. The van der Waals surface area contributed by atoms with Crippen molar-refractivity contribution in [2.75, 3.05) is 40.4 Å². The average molecular weight is 226 g/mol. The van der Waals surface area contributed by atoms with Crippen LogP contribution in [0.4, 0.5) is 0 Å². The van der Waals surface area contributed by atoms with Crippen LogP contribution in [0.2, 0.25) is 0 Å². The van der Waals surface area contributed by atoms with Gasteiger partial charge in [0.2, 0.25) is 0 Å². The lowest BCUT2D eigenvalue weighted by molar-refractivity contribution is 0.127. The number of methoxy groups -OCH3 is 1. The first-order chi connectivity index (χ1) is 7.61. The minimum atomic E-state index is 0.226. The fourth-order valence-corrected chi connectivity index (χ4v) is 3.46. The summed E-state index contributed by atoms with van der Waals surface area (Å²) in [7, 11) is 4.04. The normalized spacial score (nSPS) is 40.7. The molecule has 0 amide bonds. The summed E-state index contributed by atoms with van der Waals surface area (Å²) in [6.45, 7) is 6.91. The lowest BCUT2D eigenvalue weighted by atomic mass is 9.88. The van der Waals surface area contributed by atoms with E-state index in [1.807, 2.05) is 0 Å². The number of hydrogen-bond donors (Lipinski definition) is 1. The van der Waals surface area contributed by atoms with Crippen molar-refractivity contribution in [3.8, 4) is 0 Å². The molecule has 0 saturated carbocycles. The molecule has 1 N–H and O–H groups in total. The Bertz CT molecular complexity index is 234. The van der Waals surface area contributed by atoms with Crippen LogP contribution in [0, 0.1) is 11.8 Å². The van der Waals surface area contributed by atoms with Crippen LogP contribution in [0.1, 0.15) is 26.2 Å². The van der Waals surface area contributed by atoms with E-state index in [4.69, 9.17) is 4.74 Å². The maximum atomic E-state index is 5.29. The zero-order valence-electron chi connectivity index (χ0n) is 11.0. The van der Waals surface area contributed by atoms with Crippen LogP contribution >= 0.6 is 0 Å². The van der Waals surface area contributed by atoms with E-state index in [9.17, 15) is 0 Å². The molecule has 2 saturated heterocycles. The molecule has 94 valence electrons. The van der Waals surface area contributed by atoms with Crippen LogP contribution in [-0.4, -0.2) is 50.8 Å². The first kappa shape index (κ1) is 12.3. The summed E-state index contributed by atoms with van der Waals surface area (Å²) in [6, 6.07) is 0. The molecule has 0 aliphatic carbocycles. The number of rotatable bonds is 4. The molecule has 2 aliphatic rings. The SMILES string of the molecule is COCC1(C)CC(CC2CCN(C)C2)CN1. The van der Waals surface area contributed by atoms with Crippen molar-refractivity contribution < 1.29 is 4.74 Å². The maximum absolute atomic E-state index is 5.29. The van der Waals surface area contributed by atoms with Crippen LogP contribution in [0.15, 0.2) is 0 Å². The lowest BCUT2D eigenvalue weighted by Gasteiger charge is -2.23. The lowest BCUT2D eigenvalue weighted by Crippen LogP contribution is -2.40. The predicted octanol–water partition coefficient (Wildman–Crippen LogP) is 1.34. The van der Waals surface area contributed by atoms with E-state index in [1.165, 1.54) is 38.9 Å². The van der Waals surface area contributed by atoms with Crippen molar-refractivity contribution in [3.05, 3.63) is 0 Å². The van der Waals surface area contributed by atoms with Crippen LogP contribution in [0.25, 0.3) is 0 Å². The minimum Gasteiger partial charge on any atom is -0.383 e. The molecule has 0 spiro atoms. The zero-order valence-corrected chi connectivity index (χ0v) is 11.0. The van der Waals surface area contributed by atoms with Gasteiger partial charge in [-0.25, -0.2) is 0 Å². The molecule has 2 fully saturated rings. The molecule has 0 aromatic carbocycles. The van der Waals surface area contributed by atoms with Crippen LogP contribution in [-0.2, 0) is 4.74 Å². The van der Waals surface area contributed by atoms with Crippen LogP contribution in [0.5, 0.6) is 0 Å². The van der Waals surface area contributed by atoms with Crippen molar-refractivity contribution >= 4 is 0 Å². The quantitative estimate of drug-likeness (QED) is 0.783. The second-order valence-corrected chi connectivity index (χ2v) is 6.10. The summed E-state index contributed by atoms with van der Waals surface area (Å²) in [5.74, 6) is 1.79. The monoisotopic (exact) mass is 226 g/mol.